The van der Waals surface area contributed by atoms with Crippen molar-refractivity contribution in [3.63, 3.8) is 0 Å². The molecule has 0 saturated carbocycles. The molecule has 3 rings (SSSR count). The first-order chi connectivity index (χ1) is 11.1. The summed E-state index contributed by atoms with van der Waals surface area (Å²) in [5.74, 6) is -0.895. The van der Waals surface area contributed by atoms with E-state index >= 15 is 0 Å². The van der Waals surface area contributed by atoms with E-state index in [1.165, 1.54) is 4.90 Å². The summed E-state index contributed by atoms with van der Waals surface area (Å²) in [6.07, 6.45) is 1.07. The van der Waals surface area contributed by atoms with Crippen molar-refractivity contribution in [3.8, 4) is 17.2 Å². The summed E-state index contributed by atoms with van der Waals surface area (Å²) in [5, 5.41) is 12.8. The molecule has 1 amide bonds. The van der Waals surface area contributed by atoms with Crippen LogP contribution in [-0.4, -0.2) is 51.7 Å². The molecular formula is C15H15N3O5. The van der Waals surface area contributed by atoms with Gasteiger partial charge in [-0.05, 0) is 31.0 Å². The molecule has 23 heavy (non-hydrogen) atoms. The molecule has 1 atom stereocenters. The summed E-state index contributed by atoms with van der Waals surface area (Å²) in [5.41, 5.74) is 0.618. The van der Waals surface area contributed by atoms with Crippen LogP contribution < -0.4 is 4.74 Å². The van der Waals surface area contributed by atoms with Gasteiger partial charge in [-0.2, -0.15) is 4.98 Å². The van der Waals surface area contributed by atoms with Crippen LogP contribution in [0.15, 0.2) is 28.8 Å². The molecule has 2 heterocycles. The number of benzene rings is 1. The summed E-state index contributed by atoms with van der Waals surface area (Å²) in [6.45, 7) is 0.374. The molecular weight excluding hydrogens is 302 g/mol. The second-order valence-electron chi connectivity index (χ2n) is 5.15. The van der Waals surface area contributed by atoms with Crippen LogP contribution in [0.1, 0.15) is 23.5 Å². The van der Waals surface area contributed by atoms with Crippen molar-refractivity contribution in [3.05, 3.63) is 30.1 Å². The Morgan fingerprint density at radius 3 is 3.00 bits per heavy atom. The van der Waals surface area contributed by atoms with E-state index < -0.39 is 17.9 Å². The predicted molar refractivity (Wildman–Crippen MR) is 78.0 cm³/mol. The molecule has 8 heteroatoms. The molecule has 0 unspecified atom stereocenters. The summed E-state index contributed by atoms with van der Waals surface area (Å²) >= 11 is 0. The van der Waals surface area contributed by atoms with E-state index in [0.717, 1.165) is 0 Å². The first kappa shape index (κ1) is 15.0. The average Bonchev–Trinajstić information content (AvgIpc) is 3.23. The summed E-state index contributed by atoms with van der Waals surface area (Å²) in [4.78, 5) is 28.9. The minimum Gasteiger partial charge on any atom is -0.497 e. The highest BCUT2D eigenvalue weighted by Gasteiger charge is 2.36. The molecule has 120 valence electrons. The SMILES string of the molecule is COc1cccc(-c2nc(C(=O)N3CCC[C@H]3C(=O)O)no2)c1. The average molecular weight is 317 g/mol. The summed E-state index contributed by atoms with van der Waals surface area (Å²) in [7, 11) is 1.54. The van der Waals surface area contributed by atoms with Gasteiger partial charge >= 0.3 is 5.97 Å². The molecule has 0 spiro atoms. The number of aliphatic carboxylic acids is 1. The number of amides is 1. The molecule has 1 aromatic carbocycles. The number of carbonyl (C=O) groups is 2. The third-order valence-electron chi connectivity index (χ3n) is 3.73. The van der Waals surface area contributed by atoms with Crippen LogP contribution in [0.4, 0.5) is 0 Å². The lowest BCUT2D eigenvalue weighted by Gasteiger charge is -2.19. The first-order valence-electron chi connectivity index (χ1n) is 7.12. The minimum atomic E-state index is -1.02. The third-order valence-corrected chi connectivity index (χ3v) is 3.73. The molecule has 2 aromatic rings. The second-order valence-corrected chi connectivity index (χ2v) is 5.15. The van der Waals surface area contributed by atoms with E-state index in [2.05, 4.69) is 10.1 Å². The number of carbonyl (C=O) groups excluding carboxylic acids is 1. The minimum absolute atomic E-state index is 0.143. The lowest BCUT2D eigenvalue weighted by molar-refractivity contribution is -0.141. The molecule has 1 aromatic heterocycles. The largest absolute Gasteiger partial charge is 0.497 e. The number of nitrogens with zero attached hydrogens (tertiary/aromatic N) is 3. The van der Waals surface area contributed by atoms with Gasteiger partial charge in [0.25, 0.3) is 17.6 Å². The number of rotatable bonds is 4. The fraction of sp³-hybridized carbons (Fsp3) is 0.333. The molecule has 8 nitrogen and oxygen atoms in total. The molecule has 0 bridgehead atoms. The Kier molecular flexibility index (Phi) is 3.96. The molecule has 1 N–H and O–H groups in total. The van der Waals surface area contributed by atoms with Gasteiger partial charge in [-0.25, -0.2) is 4.79 Å². The van der Waals surface area contributed by atoms with Crippen molar-refractivity contribution in [1.29, 1.82) is 0 Å². The maximum atomic E-state index is 12.4. The van der Waals surface area contributed by atoms with Crippen LogP contribution in [0.2, 0.25) is 0 Å². The third kappa shape index (κ3) is 2.87. The van der Waals surface area contributed by atoms with E-state index in [9.17, 15) is 9.59 Å². The molecule has 0 aliphatic carbocycles. The van der Waals surface area contributed by atoms with Gasteiger partial charge in [-0.3, -0.25) is 4.79 Å². The fourth-order valence-corrected chi connectivity index (χ4v) is 2.58. The number of carboxylic acid groups (broad SMARTS) is 1. The van der Waals surface area contributed by atoms with Gasteiger partial charge in [0.15, 0.2) is 0 Å². The molecule has 1 aliphatic heterocycles. The zero-order valence-corrected chi connectivity index (χ0v) is 12.4. The molecule has 0 radical (unpaired) electrons. The lowest BCUT2D eigenvalue weighted by atomic mass is 10.2. The second kappa shape index (κ2) is 6.07. The zero-order chi connectivity index (χ0) is 16.4. The Hall–Kier alpha value is -2.90. The van der Waals surface area contributed by atoms with Crippen molar-refractivity contribution in [2.24, 2.45) is 0 Å². The predicted octanol–water partition coefficient (Wildman–Crippen LogP) is 1.43. The number of ether oxygens (including phenoxy) is 1. The van der Waals surface area contributed by atoms with Gasteiger partial charge in [0.05, 0.1) is 7.11 Å². The fourth-order valence-electron chi connectivity index (χ4n) is 2.58. The van der Waals surface area contributed by atoms with Crippen molar-refractivity contribution in [2.45, 2.75) is 18.9 Å². The topological polar surface area (TPSA) is 106 Å². The lowest BCUT2D eigenvalue weighted by Crippen LogP contribution is -2.40. The Labute approximate surface area is 131 Å². The number of hydrogen-bond acceptors (Lipinski definition) is 6. The smallest absolute Gasteiger partial charge is 0.326 e. The normalized spacial score (nSPS) is 17.3. The Morgan fingerprint density at radius 2 is 2.26 bits per heavy atom. The van der Waals surface area contributed by atoms with Crippen LogP contribution in [-0.2, 0) is 4.79 Å². The highest BCUT2D eigenvalue weighted by atomic mass is 16.5. The van der Waals surface area contributed by atoms with Crippen molar-refractivity contribution >= 4 is 11.9 Å². The Bertz CT molecular complexity index is 742. The number of aromatic nitrogens is 2. The highest BCUT2D eigenvalue weighted by molar-refractivity contribution is 5.94. The standard InChI is InChI=1S/C15H15N3O5/c1-22-10-5-2-4-9(8-10)13-16-12(17-23-13)14(19)18-7-3-6-11(18)15(20)21/h2,4-5,8,11H,3,6-7H2,1H3,(H,20,21)/t11-/m0/s1. The monoisotopic (exact) mass is 317 g/mol. The summed E-state index contributed by atoms with van der Waals surface area (Å²) in [6, 6.07) is 6.16. The molecule has 1 saturated heterocycles. The maximum absolute atomic E-state index is 12.4. The first-order valence-corrected chi connectivity index (χ1v) is 7.12. The summed E-state index contributed by atoms with van der Waals surface area (Å²) < 4.78 is 10.2. The number of carboxylic acids is 1. The maximum Gasteiger partial charge on any atom is 0.326 e. The molecule has 1 fully saturated rings. The van der Waals surface area contributed by atoms with Crippen LogP contribution in [0.3, 0.4) is 0 Å². The van der Waals surface area contributed by atoms with E-state index in [4.69, 9.17) is 14.4 Å². The van der Waals surface area contributed by atoms with Gasteiger partial charge in [0.1, 0.15) is 11.8 Å². The Balaban J connectivity index is 1.84. The van der Waals surface area contributed by atoms with Crippen molar-refractivity contribution in [1.82, 2.24) is 15.0 Å². The zero-order valence-electron chi connectivity index (χ0n) is 12.4. The van der Waals surface area contributed by atoms with Gasteiger partial charge in [0.2, 0.25) is 0 Å². The number of likely N-dealkylation sites (tertiary alicyclic amines) is 1. The van der Waals surface area contributed by atoms with E-state index in [1.807, 2.05) is 0 Å². The van der Waals surface area contributed by atoms with Gasteiger partial charge in [0, 0.05) is 12.1 Å². The van der Waals surface area contributed by atoms with Gasteiger partial charge < -0.3 is 19.3 Å². The van der Waals surface area contributed by atoms with Crippen molar-refractivity contribution < 1.29 is 24.0 Å². The van der Waals surface area contributed by atoms with Crippen molar-refractivity contribution in [2.75, 3.05) is 13.7 Å². The quantitative estimate of drug-likeness (QED) is 0.909. The number of methoxy groups -OCH3 is 1. The number of hydrogen-bond donors (Lipinski definition) is 1. The van der Waals surface area contributed by atoms with E-state index in [1.54, 1.807) is 31.4 Å². The van der Waals surface area contributed by atoms with Crippen LogP contribution >= 0.6 is 0 Å². The molecule has 1 aliphatic rings. The van der Waals surface area contributed by atoms with Crippen LogP contribution in [0, 0.1) is 0 Å². The Morgan fingerprint density at radius 1 is 1.43 bits per heavy atom. The van der Waals surface area contributed by atoms with Crippen LogP contribution in [0.5, 0.6) is 5.75 Å². The van der Waals surface area contributed by atoms with E-state index in [-0.39, 0.29) is 11.7 Å². The van der Waals surface area contributed by atoms with Gasteiger partial charge in [-0.15, -0.1) is 0 Å². The van der Waals surface area contributed by atoms with E-state index in [0.29, 0.717) is 30.7 Å². The van der Waals surface area contributed by atoms with Crippen LogP contribution in [0.25, 0.3) is 11.5 Å². The highest BCUT2D eigenvalue weighted by Crippen LogP contribution is 2.24. The van der Waals surface area contributed by atoms with Gasteiger partial charge in [-0.1, -0.05) is 11.2 Å².